The van der Waals surface area contributed by atoms with E-state index in [1.807, 2.05) is 14.0 Å². The molecule has 1 atom stereocenters. The number of anilines is 2. The van der Waals surface area contributed by atoms with E-state index in [0.29, 0.717) is 4.75 Å². The molecule has 1 fully saturated rings. The van der Waals surface area contributed by atoms with E-state index in [1.54, 1.807) is 6.33 Å². The highest BCUT2D eigenvalue weighted by Crippen LogP contribution is 2.37. The summed E-state index contributed by atoms with van der Waals surface area (Å²) in [5, 5.41) is 6.53. The van der Waals surface area contributed by atoms with Crippen LogP contribution in [0.3, 0.4) is 0 Å². The van der Waals surface area contributed by atoms with Gasteiger partial charge >= 0.3 is 0 Å². The number of hydrogen-bond donors (Lipinski definition) is 2. The van der Waals surface area contributed by atoms with Crippen LogP contribution in [0.5, 0.6) is 0 Å². The molecule has 94 valence electrons. The zero-order valence-electron chi connectivity index (χ0n) is 10.7. The number of nitrogens with one attached hydrogen (secondary N) is 2. The summed E-state index contributed by atoms with van der Waals surface area (Å²) in [6.45, 7) is 5.34. The summed E-state index contributed by atoms with van der Waals surface area (Å²) >= 11 is 2.06. The molecule has 2 rings (SSSR count). The third-order valence-corrected chi connectivity index (χ3v) is 4.79. The highest BCUT2D eigenvalue weighted by molar-refractivity contribution is 8.00. The summed E-state index contributed by atoms with van der Waals surface area (Å²) < 4.78 is 0.358. The van der Waals surface area contributed by atoms with Crippen molar-refractivity contribution in [2.24, 2.45) is 0 Å². The molecule has 0 saturated carbocycles. The number of rotatable bonds is 4. The first-order chi connectivity index (χ1) is 8.14. The first kappa shape index (κ1) is 12.5. The number of aromatic nitrogens is 2. The average Bonchev–Trinajstić information content (AvgIpc) is 2.75. The molecule has 1 aromatic heterocycles. The molecule has 17 heavy (non-hydrogen) atoms. The molecule has 1 aliphatic rings. The topological polar surface area (TPSA) is 49.8 Å². The Balaban J connectivity index is 2.03. The lowest BCUT2D eigenvalue weighted by atomic mass is 10.1. The van der Waals surface area contributed by atoms with Crippen LogP contribution < -0.4 is 10.6 Å². The van der Waals surface area contributed by atoms with Crippen molar-refractivity contribution in [3.05, 3.63) is 11.9 Å². The lowest BCUT2D eigenvalue weighted by Crippen LogP contribution is -2.27. The SMILES string of the molecule is CNc1ncnc(NCC2(C)CCCS2)c1C. The minimum Gasteiger partial charge on any atom is -0.373 e. The zero-order valence-corrected chi connectivity index (χ0v) is 11.5. The smallest absolute Gasteiger partial charge is 0.134 e. The molecule has 4 nitrogen and oxygen atoms in total. The van der Waals surface area contributed by atoms with Crippen molar-refractivity contribution in [3.8, 4) is 0 Å². The molecule has 0 amide bonds. The first-order valence-corrected chi connectivity index (χ1v) is 7.00. The van der Waals surface area contributed by atoms with E-state index in [9.17, 15) is 0 Å². The van der Waals surface area contributed by atoms with Gasteiger partial charge in [-0.3, -0.25) is 0 Å². The van der Waals surface area contributed by atoms with Gasteiger partial charge in [-0.25, -0.2) is 9.97 Å². The number of thioether (sulfide) groups is 1. The maximum atomic E-state index is 4.31. The molecule has 2 heterocycles. The summed E-state index contributed by atoms with van der Waals surface area (Å²) in [6, 6.07) is 0. The summed E-state index contributed by atoms with van der Waals surface area (Å²) in [6.07, 6.45) is 4.21. The van der Waals surface area contributed by atoms with Crippen LogP contribution in [0.2, 0.25) is 0 Å². The van der Waals surface area contributed by atoms with Crippen LogP contribution in [0, 0.1) is 6.92 Å². The van der Waals surface area contributed by atoms with E-state index in [1.165, 1.54) is 18.6 Å². The van der Waals surface area contributed by atoms with Crippen LogP contribution in [0.4, 0.5) is 11.6 Å². The van der Waals surface area contributed by atoms with Crippen molar-refractivity contribution in [1.29, 1.82) is 0 Å². The van der Waals surface area contributed by atoms with E-state index in [4.69, 9.17) is 0 Å². The molecular weight excluding hydrogens is 232 g/mol. The Morgan fingerprint density at radius 3 is 2.82 bits per heavy atom. The molecule has 2 N–H and O–H groups in total. The Hall–Kier alpha value is -0.970. The molecule has 0 aliphatic carbocycles. The molecule has 0 spiro atoms. The monoisotopic (exact) mass is 252 g/mol. The normalized spacial score (nSPS) is 23.7. The molecule has 1 aromatic rings. The summed E-state index contributed by atoms with van der Waals surface area (Å²) in [5.41, 5.74) is 1.08. The van der Waals surface area contributed by atoms with Gasteiger partial charge in [-0.1, -0.05) is 0 Å². The number of nitrogens with zero attached hydrogens (tertiary/aromatic N) is 2. The van der Waals surface area contributed by atoms with Crippen LogP contribution in [-0.4, -0.2) is 34.1 Å². The minimum absolute atomic E-state index is 0.358. The van der Waals surface area contributed by atoms with Crippen LogP contribution in [0.1, 0.15) is 25.3 Å². The van der Waals surface area contributed by atoms with Gasteiger partial charge in [0, 0.05) is 23.9 Å². The summed E-state index contributed by atoms with van der Waals surface area (Å²) in [4.78, 5) is 8.49. The zero-order chi connectivity index (χ0) is 12.3. The largest absolute Gasteiger partial charge is 0.373 e. The molecule has 1 aliphatic heterocycles. The molecular formula is C12H20N4S. The van der Waals surface area contributed by atoms with Crippen LogP contribution >= 0.6 is 11.8 Å². The predicted molar refractivity (Wildman–Crippen MR) is 74.9 cm³/mol. The second kappa shape index (κ2) is 5.12. The molecule has 1 saturated heterocycles. The third kappa shape index (κ3) is 2.83. The van der Waals surface area contributed by atoms with Gasteiger partial charge in [-0.15, -0.1) is 0 Å². The van der Waals surface area contributed by atoms with E-state index in [0.717, 1.165) is 23.7 Å². The Morgan fingerprint density at radius 2 is 2.18 bits per heavy atom. The Morgan fingerprint density at radius 1 is 1.41 bits per heavy atom. The van der Waals surface area contributed by atoms with Gasteiger partial charge in [0.2, 0.25) is 0 Å². The van der Waals surface area contributed by atoms with Gasteiger partial charge in [0.05, 0.1) is 0 Å². The first-order valence-electron chi connectivity index (χ1n) is 6.02. The fourth-order valence-electron chi connectivity index (χ4n) is 2.13. The third-order valence-electron chi connectivity index (χ3n) is 3.25. The van der Waals surface area contributed by atoms with Gasteiger partial charge in [0.1, 0.15) is 18.0 Å². The van der Waals surface area contributed by atoms with Crippen LogP contribution in [0.25, 0.3) is 0 Å². The second-order valence-electron chi connectivity index (χ2n) is 4.70. The maximum Gasteiger partial charge on any atom is 0.134 e. The average molecular weight is 252 g/mol. The highest BCUT2D eigenvalue weighted by Gasteiger charge is 2.29. The van der Waals surface area contributed by atoms with Gasteiger partial charge in [-0.05, 0) is 32.4 Å². The Kier molecular flexibility index (Phi) is 3.76. The highest BCUT2D eigenvalue weighted by atomic mass is 32.2. The van der Waals surface area contributed by atoms with Crippen molar-refractivity contribution in [2.45, 2.75) is 31.4 Å². The van der Waals surface area contributed by atoms with Crippen molar-refractivity contribution in [2.75, 3.05) is 30.0 Å². The lowest BCUT2D eigenvalue weighted by Gasteiger charge is -2.23. The van der Waals surface area contributed by atoms with Crippen molar-refractivity contribution >= 4 is 23.4 Å². The van der Waals surface area contributed by atoms with Crippen LogP contribution in [-0.2, 0) is 0 Å². The molecule has 0 aromatic carbocycles. The summed E-state index contributed by atoms with van der Waals surface area (Å²) in [7, 11) is 1.88. The minimum atomic E-state index is 0.358. The van der Waals surface area contributed by atoms with Crippen molar-refractivity contribution < 1.29 is 0 Å². The Bertz CT molecular complexity index is 388. The maximum absolute atomic E-state index is 4.31. The molecule has 0 radical (unpaired) electrons. The van der Waals surface area contributed by atoms with Gasteiger partial charge in [0.15, 0.2) is 0 Å². The summed E-state index contributed by atoms with van der Waals surface area (Å²) in [5.74, 6) is 3.12. The molecule has 1 unspecified atom stereocenters. The van der Waals surface area contributed by atoms with Gasteiger partial charge in [-0.2, -0.15) is 11.8 Å². The number of hydrogen-bond acceptors (Lipinski definition) is 5. The van der Waals surface area contributed by atoms with Gasteiger partial charge in [0.25, 0.3) is 0 Å². The van der Waals surface area contributed by atoms with E-state index in [-0.39, 0.29) is 0 Å². The van der Waals surface area contributed by atoms with E-state index >= 15 is 0 Å². The predicted octanol–water partition coefficient (Wildman–Crippen LogP) is 2.52. The van der Waals surface area contributed by atoms with Crippen molar-refractivity contribution in [1.82, 2.24) is 9.97 Å². The fourth-order valence-corrected chi connectivity index (χ4v) is 3.37. The van der Waals surface area contributed by atoms with Crippen molar-refractivity contribution in [3.63, 3.8) is 0 Å². The van der Waals surface area contributed by atoms with Gasteiger partial charge < -0.3 is 10.6 Å². The fraction of sp³-hybridized carbons (Fsp3) is 0.667. The Labute approximate surface area is 107 Å². The quantitative estimate of drug-likeness (QED) is 0.862. The van der Waals surface area contributed by atoms with E-state index < -0.39 is 0 Å². The molecule has 5 heteroatoms. The molecule has 0 bridgehead atoms. The van der Waals surface area contributed by atoms with Crippen LogP contribution in [0.15, 0.2) is 6.33 Å². The second-order valence-corrected chi connectivity index (χ2v) is 6.38. The standard InChI is InChI=1S/C12H20N4S/c1-9-10(13-3)15-8-16-11(9)14-7-12(2)5-4-6-17-12/h8H,4-7H2,1-3H3,(H2,13,14,15,16). The lowest BCUT2D eigenvalue weighted by molar-refractivity contribution is 0.633. The van der Waals surface area contributed by atoms with E-state index in [2.05, 4.69) is 39.3 Å².